The van der Waals surface area contributed by atoms with E-state index in [1.807, 2.05) is 6.92 Å². The van der Waals surface area contributed by atoms with Gasteiger partial charge in [-0.1, -0.05) is 29.8 Å². The zero-order valence-corrected chi connectivity index (χ0v) is 11.6. The first-order chi connectivity index (χ1) is 7.12. The number of carbonyl (C=O) groups is 1. The monoisotopic (exact) mass is 310 g/mol. The first kappa shape index (κ1) is 12.5. The third-order valence-electron chi connectivity index (χ3n) is 4.66. The van der Waals surface area contributed by atoms with Crippen LogP contribution in [0.1, 0.15) is 26.7 Å². The van der Waals surface area contributed by atoms with Gasteiger partial charge in [-0.25, -0.2) is 0 Å². The molecule has 0 aromatic heterocycles. The Bertz CT molecular complexity index is 446. The van der Waals surface area contributed by atoms with Crippen LogP contribution in [0.15, 0.2) is 0 Å². The van der Waals surface area contributed by atoms with Gasteiger partial charge in [0.05, 0.1) is 10.6 Å². The summed E-state index contributed by atoms with van der Waals surface area (Å²) in [7, 11) is -4.05. The highest BCUT2D eigenvalue weighted by atomic mass is 79.9. The fourth-order valence-corrected chi connectivity index (χ4v) is 6.11. The minimum absolute atomic E-state index is 0.00641. The number of alkyl halides is 1. The van der Waals surface area contributed by atoms with Gasteiger partial charge in [0.25, 0.3) is 10.1 Å². The summed E-state index contributed by atoms with van der Waals surface area (Å²) in [4.78, 5) is 11.8. The molecule has 0 saturated heterocycles. The van der Waals surface area contributed by atoms with Gasteiger partial charge in [-0.15, -0.1) is 0 Å². The molecule has 6 heteroatoms. The van der Waals surface area contributed by atoms with Crippen LogP contribution in [0.5, 0.6) is 0 Å². The van der Waals surface area contributed by atoms with Crippen LogP contribution in [0.25, 0.3) is 0 Å². The van der Waals surface area contributed by atoms with Crippen molar-refractivity contribution < 1.29 is 17.8 Å². The SMILES string of the molecule is C[C@]1(CS(=O)(=O)O)C2CC[C@]1(C)C(=O)C2Br. The van der Waals surface area contributed by atoms with Gasteiger partial charge in [-0.2, -0.15) is 8.42 Å². The molecule has 2 saturated carbocycles. The second-order valence-corrected chi connectivity index (χ2v) is 7.83. The third-order valence-corrected chi connectivity index (χ3v) is 6.68. The Balaban J connectivity index is 2.47. The van der Waals surface area contributed by atoms with Crippen LogP contribution < -0.4 is 0 Å². The third kappa shape index (κ3) is 1.42. The molecule has 0 amide bonds. The van der Waals surface area contributed by atoms with E-state index in [1.165, 1.54) is 0 Å². The van der Waals surface area contributed by atoms with Crippen LogP contribution in [0.2, 0.25) is 0 Å². The second-order valence-electron chi connectivity index (χ2n) is 5.39. The van der Waals surface area contributed by atoms with Gasteiger partial charge < -0.3 is 0 Å². The van der Waals surface area contributed by atoms with E-state index in [0.29, 0.717) is 6.42 Å². The summed E-state index contributed by atoms with van der Waals surface area (Å²) in [6.07, 6.45) is 1.55. The molecule has 2 rings (SSSR count). The quantitative estimate of drug-likeness (QED) is 0.622. The van der Waals surface area contributed by atoms with Gasteiger partial charge >= 0.3 is 0 Å². The zero-order chi connectivity index (χ0) is 12.4. The van der Waals surface area contributed by atoms with Crippen molar-refractivity contribution in [3.63, 3.8) is 0 Å². The predicted octanol–water partition coefficient (Wildman–Crippen LogP) is 1.64. The van der Waals surface area contributed by atoms with E-state index >= 15 is 0 Å². The van der Waals surface area contributed by atoms with Crippen molar-refractivity contribution in [3.8, 4) is 0 Å². The maximum atomic E-state index is 12.1. The molecule has 2 fully saturated rings. The molecule has 0 heterocycles. The molecule has 4 nitrogen and oxygen atoms in total. The first-order valence-corrected chi connectivity index (χ1v) is 7.78. The largest absolute Gasteiger partial charge is 0.298 e. The van der Waals surface area contributed by atoms with E-state index in [9.17, 15) is 13.2 Å². The smallest absolute Gasteiger partial charge is 0.265 e. The summed E-state index contributed by atoms with van der Waals surface area (Å²) >= 11 is 3.35. The molecule has 4 atom stereocenters. The number of fused-ring (bicyclic) bond motifs is 2. The van der Waals surface area contributed by atoms with E-state index in [1.54, 1.807) is 6.92 Å². The molecule has 16 heavy (non-hydrogen) atoms. The number of ketones is 1. The second kappa shape index (κ2) is 3.29. The van der Waals surface area contributed by atoms with Crippen molar-refractivity contribution in [3.05, 3.63) is 0 Å². The van der Waals surface area contributed by atoms with Gasteiger partial charge in [0.1, 0.15) is 0 Å². The van der Waals surface area contributed by atoms with Crippen molar-refractivity contribution in [2.75, 3.05) is 5.75 Å². The Morgan fingerprint density at radius 2 is 2.06 bits per heavy atom. The van der Waals surface area contributed by atoms with Crippen LogP contribution in [0.3, 0.4) is 0 Å². The Labute approximate surface area is 104 Å². The normalized spacial score (nSPS) is 47.6. The van der Waals surface area contributed by atoms with Crippen LogP contribution in [0, 0.1) is 16.7 Å². The lowest BCUT2D eigenvalue weighted by Gasteiger charge is -2.35. The molecule has 92 valence electrons. The zero-order valence-electron chi connectivity index (χ0n) is 9.23. The van der Waals surface area contributed by atoms with Crippen molar-refractivity contribution in [2.45, 2.75) is 31.5 Å². The lowest BCUT2D eigenvalue weighted by molar-refractivity contribution is -0.127. The standard InChI is InChI=1S/C10H15BrO4S/c1-9-4-3-6(7(11)8(9)12)10(9,2)5-16(13,14)15/h6-7H,3-5H2,1-2H3,(H,13,14,15)/t6?,7?,9-,10+/m1/s1. The van der Waals surface area contributed by atoms with Crippen molar-refractivity contribution in [1.82, 2.24) is 0 Å². The average molecular weight is 311 g/mol. The summed E-state index contributed by atoms with van der Waals surface area (Å²) in [5, 5.41) is 0. The molecule has 2 bridgehead atoms. The van der Waals surface area contributed by atoms with E-state index in [4.69, 9.17) is 4.55 Å². The number of hydrogen-bond donors (Lipinski definition) is 1. The van der Waals surface area contributed by atoms with Crippen LogP contribution in [0.4, 0.5) is 0 Å². The number of Topliss-reactive ketones (excluding diaryl/α,β-unsaturated/α-hetero) is 1. The lowest BCUT2D eigenvalue weighted by atomic mass is 9.70. The van der Waals surface area contributed by atoms with Gasteiger partial charge in [0.2, 0.25) is 0 Å². The fraction of sp³-hybridized carbons (Fsp3) is 0.900. The van der Waals surface area contributed by atoms with Gasteiger partial charge in [-0.05, 0) is 18.8 Å². The topological polar surface area (TPSA) is 71.4 Å². The predicted molar refractivity (Wildman–Crippen MR) is 63.1 cm³/mol. The maximum Gasteiger partial charge on any atom is 0.265 e. The van der Waals surface area contributed by atoms with Gasteiger partial charge in [0.15, 0.2) is 5.78 Å². The van der Waals surface area contributed by atoms with Crippen LogP contribution in [-0.2, 0) is 14.9 Å². The first-order valence-electron chi connectivity index (χ1n) is 5.25. The maximum absolute atomic E-state index is 12.1. The van der Waals surface area contributed by atoms with Crippen molar-refractivity contribution in [1.29, 1.82) is 0 Å². The number of carbonyl (C=O) groups excluding carboxylic acids is 1. The molecular weight excluding hydrogens is 296 g/mol. The Morgan fingerprint density at radius 1 is 1.50 bits per heavy atom. The van der Waals surface area contributed by atoms with Crippen LogP contribution >= 0.6 is 15.9 Å². The summed E-state index contributed by atoms with van der Waals surface area (Å²) in [5.41, 5.74) is -1.27. The Hall–Kier alpha value is 0.0600. The average Bonchev–Trinajstić information content (AvgIpc) is 2.40. The lowest BCUT2D eigenvalue weighted by Crippen LogP contribution is -2.40. The molecule has 0 radical (unpaired) electrons. The van der Waals surface area contributed by atoms with E-state index < -0.39 is 20.9 Å². The molecule has 0 aliphatic heterocycles. The molecule has 2 aliphatic rings. The van der Waals surface area contributed by atoms with Gasteiger partial charge in [-0.3, -0.25) is 9.35 Å². The van der Waals surface area contributed by atoms with Crippen molar-refractivity contribution in [2.24, 2.45) is 16.7 Å². The molecule has 2 aliphatic carbocycles. The Kier molecular flexibility index (Phi) is 2.58. The molecule has 0 spiro atoms. The molecule has 0 aromatic carbocycles. The number of hydrogen-bond acceptors (Lipinski definition) is 3. The summed E-state index contributed by atoms with van der Waals surface area (Å²) in [5.74, 6) is -0.239. The van der Waals surface area contributed by atoms with Crippen LogP contribution in [-0.4, -0.2) is 29.3 Å². The summed E-state index contributed by atoms with van der Waals surface area (Å²) in [6, 6.07) is 0. The summed E-state index contributed by atoms with van der Waals surface area (Å²) in [6.45, 7) is 3.62. The number of rotatable bonds is 2. The molecule has 2 unspecified atom stereocenters. The fourth-order valence-electron chi connectivity index (χ4n) is 3.46. The van der Waals surface area contributed by atoms with Gasteiger partial charge in [0, 0.05) is 10.8 Å². The molecular formula is C10H15BrO4S. The number of halogens is 1. The van der Waals surface area contributed by atoms with E-state index in [2.05, 4.69) is 15.9 Å². The highest BCUT2D eigenvalue weighted by molar-refractivity contribution is 9.10. The minimum atomic E-state index is -4.05. The van der Waals surface area contributed by atoms with Crippen molar-refractivity contribution >= 4 is 31.8 Å². The summed E-state index contributed by atoms with van der Waals surface area (Å²) < 4.78 is 31.2. The Morgan fingerprint density at radius 3 is 2.44 bits per heavy atom. The molecule has 1 N–H and O–H groups in total. The van der Waals surface area contributed by atoms with E-state index in [0.717, 1.165) is 6.42 Å². The highest BCUT2D eigenvalue weighted by Crippen LogP contribution is 2.65. The van der Waals surface area contributed by atoms with E-state index in [-0.39, 0.29) is 22.3 Å². The highest BCUT2D eigenvalue weighted by Gasteiger charge is 2.68. The minimum Gasteiger partial charge on any atom is -0.298 e. The molecule has 0 aromatic rings.